The Morgan fingerprint density at radius 3 is 2.50 bits per heavy atom. The van der Waals surface area contributed by atoms with Gasteiger partial charge in [-0.3, -0.25) is 0 Å². The van der Waals surface area contributed by atoms with E-state index >= 15 is 0 Å². The summed E-state index contributed by atoms with van der Waals surface area (Å²) in [5.74, 6) is 1.46. The Labute approximate surface area is 90.9 Å². The molecule has 2 atom stereocenters. The van der Waals surface area contributed by atoms with Gasteiger partial charge in [0.25, 0.3) is 0 Å². The first-order valence-corrected chi connectivity index (χ1v) is 5.88. The van der Waals surface area contributed by atoms with E-state index in [9.17, 15) is 0 Å². The molecule has 0 fully saturated rings. The van der Waals surface area contributed by atoms with Crippen molar-refractivity contribution in [3.63, 3.8) is 0 Å². The molecule has 0 aromatic rings. The molecule has 14 heavy (non-hydrogen) atoms. The maximum Gasteiger partial charge on any atom is 0.133 e. The Hall–Kier alpha value is -0.455. The van der Waals surface area contributed by atoms with Gasteiger partial charge in [0, 0.05) is 0 Å². The molecule has 0 radical (unpaired) electrons. The zero-order valence-electron chi connectivity index (χ0n) is 10.2. The van der Waals surface area contributed by atoms with Crippen LogP contribution < -0.4 is 0 Å². The molecule has 0 bridgehead atoms. The summed E-state index contributed by atoms with van der Waals surface area (Å²) < 4.78 is 0. The Balaban J connectivity index is 3.84. The average Bonchev–Trinajstić information content (AvgIpc) is 2.16. The Morgan fingerprint density at radius 1 is 1.43 bits per heavy atom. The molecule has 0 aliphatic heterocycles. The molecular formula is C13H25B. The minimum Gasteiger partial charge on any atom is -0.117 e. The molecule has 0 aromatic heterocycles. The largest absolute Gasteiger partial charge is 0.133 e. The second-order valence-electron chi connectivity index (χ2n) is 4.51. The molecule has 0 spiro atoms. The fraction of sp³-hybridized carbons (Fsp3) is 0.692. The molecule has 80 valence electrons. The van der Waals surface area contributed by atoms with E-state index in [2.05, 4.69) is 40.9 Å². The molecule has 0 aliphatic rings. The van der Waals surface area contributed by atoms with Gasteiger partial charge in [-0.15, -0.1) is 18.6 Å². The lowest BCUT2D eigenvalue weighted by atomic mass is 9.82. The van der Waals surface area contributed by atoms with Crippen LogP contribution in [0, 0.1) is 11.8 Å². The summed E-state index contributed by atoms with van der Waals surface area (Å²) in [6, 6.07) is 0. The lowest BCUT2D eigenvalue weighted by Crippen LogP contribution is -2.09. The number of rotatable bonds is 8. The van der Waals surface area contributed by atoms with Crippen molar-refractivity contribution in [1.29, 1.82) is 0 Å². The minimum absolute atomic E-state index is 0.703. The van der Waals surface area contributed by atoms with Gasteiger partial charge in [0.1, 0.15) is 7.85 Å². The highest BCUT2D eigenvalue weighted by molar-refractivity contribution is 6.21. The molecule has 0 aliphatic carbocycles. The van der Waals surface area contributed by atoms with Crippen LogP contribution in [-0.2, 0) is 0 Å². The smallest absolute Gasteiger partial charge is 0.117 e. The fourth-order valence-electron chi connectivity index (χ4n) is 1.76. The van der Waals surface area contributed by atoms with Crippen molar-refractivity contribution < 1.29 is 0 Å². The van der Waals surface area contributed by atoms with Crippen molar-refractivity contribution in [2.75, 3.05) is 0 Å². The summed E-state index contributed by atoms with van der Waals surface area (Å²) >= 11 is 0. The van der Waals surface area contributed by atoms with Crippen molar-refractivity contribution in [2.24, 2.45) is 11.8 Å². The molecule has 0 aromatic carbocycles. The summed E-state index contributed by atoms with van der Waals surface area (Å²) in [4.78, 5) is 0. The summed E-state index contributed by atoms with van der Waals surface area (Å²) in [6.07, 6.45) is 8.48. The summed E-state index contributed by atoms with van der Waals surface area (Å²) in [6.45, 7) is 12.5. The lowest BCUT2D eigenvalue weighted by molar-refractivity contribution is 0.373. The Kier molecular flexibility index (Phi) is 7.65. The molecule has 0 heterocycles. The van der Waals surface area contributed by atoms with Gasteiger partial charge in [-0.25, -0.2) is 0 Å². The van der Waals surface area contributed by atoms with Crippen LogP contribution in [0.25, 0.3) is 0 Å². The lowest BCUT2D eigenvalue weighted by Gasteiger charge is -2.20. The SMILES string of the molecule is BC(=C)CCC(C)C(C=C)CCCC. The van der Waals surface area contributed by atoms with Crippen LogP contribution in [0.1, 0.15) is 46.0 Å². The van der Waals surface area contributed by atoms with Crippen molar-refractivity contribution >= 4 is 7.85 Å². The van der Waals surface area contributed by atoms with E-state index in [0.29, 0.717) is 5.92 Å². The number of unbranched alkanes of at least 4 members (excludes halogenated alkanes) is 1. The van der Waals surface area contributed by atoms with Crippen LogP contribution >= 0.6 is 0 Å². The monoisotopic (exact) mass is 192 g/mol. The van der Waals surface area contributed by atoms with Gasteiger partial charge in [0.05, 0.1) is 0 Å². The fourth-order valence-corrected chi connectivity index (χ4v) is 1.76. The molecule has 0 saturated carbocycles. The van der Waals surface area contributed by atoms with Gasteiger partial charge in [-0.2, -0.15) is 0 Å². The minimum atomic E-state index is 0.703. The van der Waals surface area contributed by atoms with E-state index in [0.717, 1.165) is 12.3 Å². The molecule has 0 rings (SSSR count). The molecule has 1 heteroatoms. The van der Waals surface area contributed by atoms with Crippen LogP contribution in [-0.4, -0.2) is 7.85 Å². The second kappa shape index (κ2) is 7.90. The van der Waals surface area contributed by atoms with E-state index in [1.54, 1.807) is 0 Å². The maximum absolute atomic E-state index is 3.95. The number of allylic oxidation sites excluding steroid dienone is 2. The Morgan fingerprint density at radius 2 is 2.07 bits per heavy atom. The van der Waals surface area contributed by atoms with E-state index in [1.807, 2.05) is 0 Å². The summed E-state index contributed by atoms with van der Waals surface area (Å²) in [7, 11) is 2.11. The van der Waals surface area contributed by atoms with Gasteiger partial charge in [-0.1, -0.05) is 32.8 Å². The first-order chi connectivity index (χ1) is 6.61. The molecular weight excluding hydrogens is 167 g/mol. The molecule has 0 saturated heterocycles. The molecule has 2 unspecified atom stereocenters. The van der Waals surface area contributed by atoms with Crippen LogP contribution in [0.3, 0.4) is 0 Å². The zero-order valence-corrected chi connectivity index (χ0v) is 10.2. The van der Waals surface area contributed by atoms with E-state index < -0.39 is 0 Å². The molecule has 0 amide bonds. The van der Waals surface area contributed by atoms with Gasteiger partial charge in [0.2, 0.25) is 0 Å². The molecule has 0 nitrogen and oxygen atoms in total. The first kappa shape index (κ1) is 13.5. The van der Waals surface area contributed by atoms with Crippen molar-refractivity contribution in [2.45, 2.75) is 46.0 Å². The molecule has 0 N–H and O–H groups in total. The second-order valence-corrected chi connectivity index (χ2v) is 4.51. The normalized spacial score (nSPS) is 14.7. The van der Waals surface area contributed by atoms with E-state index in [4.69, 9.17) is 0 Å². The quantitative estimate of drug-likeness (QED) is 0.407. The average molecular weight is 192 g/mol. The highest BCUT2D eigenvalue weighted by atomic mass is 14.2. The van der Waals surface area contributed by atoms with Crippen LogP contribution in [0.4, 0.5) is 0 Å². The van der Waals surface area contributed by atoms with Gasteiger partial charge >= 0.3 is 0 Å². The van der Waals surface area contributed by atoms with Crippen LogP contribution in [0.5, 0.6) is 0 Å². The number of hydrogen-bond acceptors (Lipinski definition) is 0. The third kappa shape index (κ3) is 6.07. The predicted molar refractivity (Wildman–Crippen MR) is 69.3 cm³/mol. The van der Waals surface area contributed by atoms with E-state index in [1.165, 1.54) is 31.2 Å². The maximum atomic E-state index is 3.95. The van der Waals surface area contributed by atoms with Crippen molar-refractivity contribution in [1.82, 2.24) is 0 Å². The topological polar surface area (TPSA) is 0 Å². The van der Waals surface area contributed by atoms with Gasteiger partial charge in [0.15, 0.2) is 0 Å². The van der Waals surface area contributed by atoms with Crippen molar-refractivity contribution in [3.05, 3.63) is 24.7 Å². The zero-order chi connectivity index (χ0) is 11.0. The third-order valence-electron chi connectivity index (χ3n) is 2.95. The van der Waals surface area contributed by atoms with Crippen LogP contribution in [0.15, 0.2) is 24.7 Å². The van der Waals surface area contributed by atoms with Gasteiger partial charge in [-0.05, 0) is 31.1 Å². The van der Waals surface area contributed by atoms with Gasteiger partial charge < -0.3 is 0 Å². The third-order valence-corrected chi connectivity index (χ3v) is 2.95. The van der Waals surface area contributed by atoms with E-state index in [-0.39, 0.29) is 0 Å². The standard InChI is InChI=1S/C13H25B/c1-5-7-8-13(6-2)11(3)9-10-12(4)14/h6,11,13H,2,4-5,7-10,14H2,1,3H3. The first-order valence-electron chi connectivity index (χ1n) is 5.88. The predicted octanol–water partition coefficient (Wildman–Crippen LogP) is 3.54. The highest BCUT2D eigenvalue weighted by Crippen LogP contribution is 2.24. The number of hydrogen-bond donors (Lipinski definition) is 0. The van der Waals surface area contributed by atoms with Crippen LogP contribution in [0.2, 0.25) is 0 Å². The highest BCUT2D eigenvalue weighted by Gasteiger charge is 2.12. The summed E-state index contributed by atoms with van der Waals surface area (Å²) in [5.41, 5.74) is 1.30. The summed E-state index contributed by atoms with van der Waals surface area (Å²) in [5, 5.41) is 0. The van der Waals surface area contributed by atoms with Crippen molar-refractivity contribution in [3.8, 4) is 0 Å². The Bertz CT molecular complexity index is 172.